The minimum atomic E-state index is -0.320. The Bertz CT molecular complexity index is 434. The Hall–Kier alpha value is -1.58. The first-order valence-corrected chi connectivity index (χ1v) is 6.58. The molecule has 1 aromatic rings. The van der Waals surface area contributed by atoms with Gasteiger partial charge in [-0.25, -0.2) is 0 Å². The molecule has 1 aromatic carbocycles. The average Bonchev–Trinajstić information content (AvgIpc) is 2.34. The number of anilines is 1. The second kappa shape index (κ2) is 5.38. The molecule has 0 spiro atoms. The smallest absolute Gasteiger partial charge is 0.292 e. The van der Waals surface area contributed by atoms with E-state index in [0.717, 1.165) is 6.42 Å². The van der Waals surface area contributed by atoms with Crippen molar-refractivity contribution in [3.63, 3.8) is 0 Å². The van der Waals surface area contributed by atoms with Gasteiger partial charge in [-0.15, -0.1) is 0 Å². The number of hydrogen-bond acceptors (Lipinski definition) is 3. The van der Waals surface area contributed by atoms with Crippen LogP contribution in [-0.4, -0.2) is 11.0 Å². The molecule has 2 rings (SSSR count). The summed E-state index contributed by atoms with van der Waals surface area (Å²) in [5, 5.41) is 14.3. The van der Waals surface area contributed by atoms with E-state index < -0.39 is 0 Å². The van der Waals surface area contributed by atoms with Crippen molar-refractivity contribution in [1.82, 2.24) is 0 Å². The number of benzene rings is 1. The molecule has 1 aliphatic rings. The van der Waals surface area contributed by atoms with Gasteiger partial charge in [0.05, 0.1) is 4.92 Å². The molecule has 1 saturated carbocycles. The van der Waals surface area contributed by atoms with Gasteiger partial charge < -0.3 is 5.32 Å². The monoisotopic (exact) mass is 248 g/mol. The Morgan fingerprint density at radius 3 is 2.72 bits per heavy atom. The van der Waals surface area contributed by atoms with Gasteiger partial charge in [0.25, 0.3) is 5.69 Å². The SMILES string of the molecule is CC1CCC(C)C(Nc2ccccc2[N+](=O)[O-])C1. The summed E-state index contributed by atoms with van der Waals surface area (Å²) < 4.78 is 0. The first-order chi connectivity index (χ1) is 8.58. The van der Waals surface area contributed by atoms with Crippen LogP contribution in [0, 0.1) is 22.0 Å². The van der Waals surface area contributed by atoms with Crippen molar-refractivity contribution in [2.24, 2.45) is 11.8 Å². The van der Waals surface area contributed by atoms with Crippen LogP contribution in [0.4, 0.5) is 11.4 Å². The van der Waals surface area contributed by atoms with E-state index in [9.17, 15) is 10.1 Å². The van der Waals surface area contributed by atoms with E-state index in [-0.39, 0.29) is 10.6 Å². The number of nitro benzene ring substituents is 1. The van der Waals surface area contributed by atoms with E-state index in [1.165, 1.54) is 12.8 Å². The first kappa shape index (κ1) is 12.9. The maximum atomic E-state index is 11.0. The van der Waals surface area contributed by atoms with Gasteiger partial charge in [-0.05, 0) is 30.7 Å². The van der Waals surface area contributed by atoms with Crippen molar-refractivity contribution >= 4 is 11.4 Å². The average molecular weight is 248 g/mol. The van der Waals surface area contributed by atoms with Gasteiger partial charge in [0.15, 0.2) is 0 Å². The maximum Gasteiger partial charge on any atom is 0.292 e. The van der Waals surface area contributed by atoms with E-state index in [0.29, 0.717) is 23.6 Å². The third-order valence-corrected chi connectivity index (χ3v) is 3.90. The molecule has 18 heavy (non-hydrogen) atoms. The van der Waals surface area contributed by atoms with Gasteiger partial charge in [0.2, 0.25) is 0 Å². The second-order valence-corrected chi connectivity index (χ2v) is 5.42. The predicted octanol–water partition coefficient (Wildman–Crippen LogP) is 3.83. The van der Waals surface area contributed by atoms with Gasteiger partial charge in [-0.2, -0.15) is 0 Å². The summed E-state index contributed by atoms with van der Waals surface area (Å²) in [5.74, 6) is 1.27. The topological polar surface area (TPSA) is 55.2 Å². The van der Waals surface area contributed by atoms with Crippen LogP contribution in [0.2, 0.25) is 0 Å². The number of nitrogens with one attached hydrogen (secondary N) is 1. The summed E-state index contributed by atoms with van der Waals surface area (Å²) in [6.45, 7) is 4.47. The van der Waals surface area contributed by atoms with Gasteiger partial charge in [0.1, 0.15) is 5.69 Å². The Morgan fingerprint density at radius 2 is 2.00 bits per heavy atom. The molecule has 98 valence electrons. The van der Waals surface area contributed by atoms with Crippen LogP contribution in [0.25, 0.3) is 0 Å². The fourth-order valence-corrected chi connectivity index (χ4v) is 2.69. The lowest BCUT2D eigenvalue weighted by molar-refractivity contribution is -0.384. The Balaban J connectivity index is 2.15. The largest absolute Gasteiger partial charge is 0.376 e. The summed E-state index contributed by atoms with van der Waals surface area (Å²) in [7, 11) is 0. The van der Waals surface area contributed by atoms with Crippen molar-refractivity contribution in [1.29, 1.82) is 0 Å². The minimum absolute atomic E-state index is 0.169. The highest BCUT2D eigenvalue weighted by molar-refractivity contribution is 5.61. The third-order valence-electron chi connectivity index (χ3n) is 3.90. The number of rotatable bonds is 3. The Morgan fingerprint density at radius 1 is 1.28 bits per heavy atom. The summed E-state index contributed by atoms with van der Waals surface area (Å²) in [5.41, 5.74) is 0.816. The van der Waals surface area contributed by atoms with E-state index >= 15 is 0 Å². The highest BCUT2D eigenvalue weighted by Crippen LogP contribution is 2.33. The zero-order valence-electron chi connectivity index (χ0n) is 10.9. The molecule has 0 amide bonds. The highest BCUT2D eigenvalue weighted by Gasteiger charge is 2.26. The van der Waals surface area contributed by atoms with E-state index in [1.807, 2.05) is 6.07 Å². The molecule has 4 nitrogen and oxygen atoms in total. The van der Waals surface area contributed by atoms with Crippen molar-refractivity contribution in [2.45, 2.75) is 39.2 Å². The Kier molecular flexibility index (Phi) is 3.84. The highest BCUT2D eigenvalue weighted by atomic mass is 16.6. The molecule has 1 N–H and O–H groups in total. The predicted molar refractivity (Wildman–Crippen MR) is 72.7 cm³/mol. The molecule has 0 aliphatic heterocycles. The van der Waals surface area contributed by atoms with Gasteiger partial charge in [-0.1, -0.05) is 32.4 Å². The fourth-order valence-electron chi connectivity index (χ4n) is 2.69. The summed E-state index contributed by atoms with van der Waals surface area (Å²) in [6.07, 6.45) is 3.54. The van der Waals surface area contributed by atoms with Crippen LogP contribution in [0.1, 0.15) is 33.1 Å². The standard InChI is InChI=1S/C14H20N2O2/c1-10-7-8-11(2)13(9-10)15-12-5-3-4-6-14(12)16(17)18/h3-6,10-11,13,15H,7-9H2,1-2H3. The van der Waals surface area contributed by atoms with E-state index in [2.05, 4.69) is 19.2 Å². The lowest BCUT2D eigenvalue weighted by atomic mass is 9.80. The fraction of sp³-hybridized carbons (Fsp3) is 0.571. The lowest BCUT2D eigenvalue weighted by Gasteiger charge is -2.33. The van der Waals surface area contributed by atoms with Crippen LogP contribution in [0.5, 0.6) is 0 Å². The molecule has 3 unspecified atom stereocenters. The van der Waals surface area contributed by atoms with Gasteiger partial charge in [0, 0.05) is 12.1 Å². The second-order valence-electron chi connectivity index (χ2n) is 5.42. The quantitative estimate of drug-likeness (QED) is 0.653. The molecular formula is C14H20N2O2. The van der Waals surface area contributed by atoms with Crippen molar-refractivity contribution < 1.29 is 4.92 Å². The van der Waals surface area contributed by atoms with Gasteiger partial charge in [-0.3, -0.25) is 10.1 Å². The molecule has 0 bridgehead atoms. The molecule has 1 fully saturated rings. The Labute approximate surface area is 108 Å². The third kappa shape index (κ3) is 2.81. The lowest BCUT2D eigenvalue weighted by Crippen LogP contribution is -2.33. The van der Waals surface area contributed by atoms with E-state index in [4.69, 9.17) is 0 Å². The van der Waals surface area contributed by atoms with Crippen LogP contribution >= 0.6 is 0 Å². The number of nitro groups is 1. The van der Waals surface area contributed by atoms with Crippen molar-refractivity contribution in [2.75, 3.05) is 5.32 Å². The normalized spacial score (nSPS) is 27.8. The van der Waals surface area contributed by atoms with Crippen LogP contribution < -0.4 is 5.32 Å². The molecule has 1 aliphatic carbocycles. The maximum absolute atomic E-state index is 11.0. The van der Waals surface area contributed by atoms with E-state index in [1.54, 1.807) is 18.2 Å². The van der Waals surface area contributed by atoms with Gasteiger partial charge >= 0.3 is 0 Å². The summed E-state index contributed by atoms with van der Waals surface area (Å²) in [6, 6.07) is 7.24. The molecule has 4 heteroatoms. The van der Waals surface area contributed by atoms with Crippen LogP contribution in [0.3, 0.4) is 0 Å². The molecular weight excluding hydrogens is 228 g/mol. The number of para-hydroxylation sites is 2. The first-order valence-electron chi connectivity index (χ1n) is 6.58. The number of nitrogens with zero attached hydrogens (tertiary/aromatic N) is 1. The zero-order valence-corrected chi connectivity index (χ0v) is 10.9. The summed E-state index contributed by atoms with van der Waals surface area (Å²) in [4.78, 5) is 10.7. The molecule has 0 heterocycles. The van der Waals surface area contributed by atoms with Crippen molar-refractivity contribution in [3.8, 4) is 0 Å². The zero-order chi connectivity index (χ0) is 13.1. The molecule has 3 atom stereocenters. The summed E-state index contributed by atoms with van der Waals surface area (Å²) >= 11 is 0. The van der Waals surface area contributed by atoms with Crippen LogP contribution in [-0.2, 0) is 0 Å². The van der Waals surface area contributed by atoms with Crippen LogP contribution in [0.15, 0.2) is 24.3 Å². The molecule has 0 aromatic heterocycles. The number of hydrogen-bond donors (Lipinski definition) is 1. The minimum Gasteiger partial charge on any atom is -0.376 e. The molecule has 0 saturated heterocycles. The molecule has 0 radical (unpaired) electrons. The van der Waals surface area contributed by atoms with Crippen molar-refractivity contribution in [3.05, 3.63) is 34.4 Å².